The Morgan fingerprint density at radius 1 is 0.826 bits per heavy atom. The van der Waals surface area contributed by atoms with Crippen molar-refractivity contribution in [2.45, 2.75) is 0 Å². The van der Waals surface area contributed by atoms with Crippen LogP contribution in [0.15, 0.2) is 72.8 Å². The summed E-state index contributed by atoms with van der Waals surface area (Å²) < 4.78 is 0. The third-order valence-electron chi connectivity index (χ3n) is 3.84. The molecule has 0 radical (unpaired) electrons. The Kier molecular flexibility index (Phi) is 3.28. The van der Waals surface area contributed by atoms with Gasteiger partial charge in [-0.15, -0.1) is 0 Å². The first-order chi connectivity index (χ1) is 11.2. The van der Waals surface area contributed by atoms with Crippen molar-refractivity contribution in [2.24, 2.45) is 0 Å². The summed E-state index contributed by atoms with van der Waals surface area (Å²) in [5, 5.41) is 3.93. The van der Waals surface area contributed by atoms with Gasteiger partial charge in [0.15, 0.2) is 0 Å². The molecule has 4 heteroatoms. The van der Waals surface area contributed by atoms with Gasteiger partial charge >= 0.3 is 0 Å². The summed E-state index contributed by atoms with van der Waals surface area (Å²) in [7, 11) is 0. The lowest BCUT2D eigenvalue weighted by Crippen LogP contribution is -2.25. The minimum atomic E-state index is -0.0830. The zero-order valence-electron chi connectivity index (χ0n) is 12.2. The van der Waals surface area contributed by atoms with Crippen LogP contribution in [0.5, 0.6) is 0 Å². The maximum Gasteiger partial charge on any atom is 0.265 e. The Hall–Kier alpha value is -2.78. The van der Waals surface area contributed by atoms with Crippen LogP contribution in [0.1, 0.15) is 10.4 Å². The first-order valence-corrected chi connectivity index (χ1v) is 7.67. The lowest BCUT2D eigenvalue weighted by atomic mass is 10.1. The quantitative estimate of drug-likeness (QED) is 0.653. The Bertz CT molecular complexity index is 893. The third-order valence-corrected chi connectivity index (χ3v) is 4.08. The van der Waals surface area contributed by atoms with Gasteiger partial charge in [0.05, 0.1) is 22.6 Å². The fourth-order valence-electron chi connectivity index (χ4n) is 2.78. The highest BCUT2D eigenvalue weighted by Gasteiger charge is 2.27. The highest BCUT2D eigenvalue weighted by molar-refractivity contribution is 6.31. The molecule has 0 aliphatic carbocycles. The van der Waals surface area contributed by atoms with Crippen LogP contribution in [0.25, 0.3) is 0 Å². The molecule has 0 bridgehead atoms. The highest BCUT2D eigenvalue weighted by Crippen LogP contribution is 2.40. The number of fused-ring (bicyclic) bond motifs is 2. The number of nitrogens with one attached hydrogen (secondary N) is 1. The van der Waals surface area contributed by atoms with Gasteiger partial charge in [0.2, 0.25) is 0 Å². The van der Waals surface area contributed by atoms with E-state index in [0.717, 1.165) is 22.7 Å². The number of carbonyl (C=O) groups is 1. The van der Waals surface area contributed by atoms with Crippen molar-refractivity contribution in [3.63, 3.8) is 0 Å². The number of amides is 1. The molecular weight excluding hydrogens is 308 g/mol. The van der Waals surface area contributed by atoms with Crippen LogP contribution in [0.2, 0.25) is 5.02 Å². The molecule has 112 valence electrons. The summed E-state index contributed by atoms with van der Waals surface area (Å²) >= 11 is 6.18. The molecule has 0 spiro atoms. The standard InChI is InChI=1S/C19H13ClN2O/c20-13-10-11-17-18(12-13)22(14-6-2-1-3-7-14)19(23)15-8-4-5-9-16(15)21-17/h1-12,21H. The van der Waals surface area contributed by atoms with Gasteiger partial charge in [-0.05, 0) is 42.5 Å². The molecule has 1 aliphatic heterocycles. The molecule has 23 heavy (non-hydrogen) atoms. The first kappa shape index (κ1) is 13.9. The number of rotatable bonds is 1. The second-order valence-electron chi connectivity index (χ2n) is 5.31. The molecule has 1 aliphatic rings. The van der Waals surface area contributed by atoms with Gasteiger partial charge in [-0.1, -0.05) is 41.9 Å². The van der Waals surface area contributed by atoms with E-state index in [2.05, 4.69) is 5.32 Å². The van der Waals surface area contributed by atoms with Crippen LogP contribution >= 0.6 is 11.6 Å². The van der Waals surface area contributed by atoms with E-state index in [1.54, 1.807) is 11.0 Å². The van der Waals surface area contributed by atoms with Gasteiger partial charge in [-0.3, -0.25) is 9.69 Å². The molecule has 1 amide bonds. The second kappa shape index (κ2) is 5.45. The molecule has 1 N–H and O–H groups in total. The smallest absolute Gasteiger partial charge is 0.265 e. The second-order valence-corrected chi connectivity index (χ2v) is 5.74. The van der Waals surface area contributed by atoms with E-state index in [-0.39, 0.29) is 5.91 Å². The highest BCUT2D eigenvalue weighted by atomic mass is 35.5. The van der Waals surface area contributed by atoms with Gasteiger partial charge in [-0.25, -0.2) is 0 Å². The van der Waals surface area contributed by atoms with E-state index in [9.17, 15) is 4.79 Å². The van der Waals surface area contributed by atoms with Gasteiger partial charge in [0.25, 0.3) is 5.91 Å². The molecule has 0 atom stereocenters. The van der Waals surface area contributed by atoms with Crippen LogP contribution < -0.4 is 10.2 Å². The summed E-state index contributed by atoms with van der Waals surface area (Å²) in [6.07, 6.45) is 0. The molecule has 0 aromatic heterocycles. The number of carbonyl (C=O) groups excluding carboxylic acids is 1. The summed E-state index contributed by atoms with van der Waals surface area (Å²) in [6, 6.07) is 22.6. The van der Waals surface area contributed by atoms with E-state index < -0.39 is 0 Å². The van der Waals surface area contributed by atoms with Crippen LogP contribution in [-0.4, -0.2) is 5.91 Å². The van der Waals surface area contributed by atoms with Crippen LogP contribution in [-0.2, 0) is 0 Å². The van der Waals surface area contributed by atoms with Crippen LogP contribution in [0.3, 0.4) is 0 Å². The fraction of sp³-hybridized carbons (Fsp3) is 0. The Morgan fingerprint density at radius 3 is 2.39 bits per heavy atom. The van der Waals surface area contributed by atoms with Crippen molar-refractivity contribution in [1.82, 2.24) is 0 Å². The Labute approximate surface area is 139 Å². The summed E-state index contributed by atoms with van der Waals surface area (Å²) in [6.45, 7) is 0. The number of anilines is 4. The van der Waals surface area contributed by atoms with E-state index in [4.69, 9.17) is 11.6 Å². The van der Waals surface area contributed by atoms with E-state index in [1.165, 1.54) is 0 Å². The Balaban J connectivity index is 2.00. The number of hydrogen-bond acceptors (Lipinski definition) is 2. The van der Waals surface area contributed by atoms with Crippen molar-refractivity contribution >= 4 is 40.3 Å². The number of halogens is 1. The zero-order valence-corrected chi connectivity index (χ0v) is 12.9. The lowest BCUT2D eigenvalue weighted by molar-refractivity contribution is 0.100. The zero-order chi connectivity index (χ0) is 15.8. The molecule has 1 heterocycles. The van der Waals surface area contributed by atoms with Gasteiger partial charge < -0.3 is 5.32 Å². The monoisotopic (exact) mass is 320 g/mol. The number of nitrogens with zero attached hydrogens (tertiary/aromatic N) is 1. The summed E-state index contributed by atoms with van der Waals surface area (Å²) in [5.74, 6) is -0.0830. The van der Waals surface area contributed by atoms with Crippen LogP contribution in [0.4, 0.5) is 22.7 Å². The first-order valence-electron chi connectivity index (χ1n) is 7.29. The predicted octanol–water partition coefficient (Wildman–Crippen LogP) is 5.38. The fourth-order valence-corrected chi connectivity index (χ4v) is 2.95. The molecule has 4 rings (SSSR count). The normalized spacial score (nSPS) is 12.9. The minimum absolute atomic E-state index is 0.0830. The number of benzene rings is 3. The van der Waals surface area contributed by atoms with Crippen molar-refractivity contribution in [3.8, 4) is 0 Å². The molecule has 3 aromatic carbocycles. The maximum absolute atomic E-state index is 13.2. The van der Waals surface area contributed by atoms with Crippen molar-refractivity contribution in [1.29, 1.82) is 0 Å². The SMILES string of the molecule is O=C1c2ccccc2Nc2ccc(Cl)cc2N1c1ccccc1. The molecule has 0 unspecified atom stereocenters. The Morgan fingerprint density at radius 2 is 1.57 bits per heavy atom. The van der Waals surface area contributed by atoms with Crippen molar-refractivity contribution in [3.05, 3.63) is 83.4 Å². The molecule has 0 saturated carbocycles. The van der Waals surface area contributed by atoms with E-state index >= 15 is 0 Å². The molecule has 0 fully saturated rings. The minimum Gasteiger partial charge on any atom is -0.353 e. The predicted molar refractivity (Wildman–Crippen MR) is 94.1 cm³/mol. The molecule has 3 aromatic rings. The van der Waals surface area contributed by atoms with E-state index in [1.807, 2.05) is 66.7 Å². The average Bonchev–Trinajstić information content (AvgIpc) is 2.70. The van der Waals surface area contributed by atoms with Gasteiger partial charge in [-0.2, -0.15) is 0 Å². The topological polar surface area (TPSA) is 32.3 Å². The van der Waals surface area contributed by atoms with E-state index in [0.29, 0.717) is 10.6 Å². The van der Waals surface area contributed by atoms with Crippen molar-refractivity contribution in [2.75, 3.05) is 10.2 Å². The summed E-state index contributed by atoms with van der Waals surface area (Å²) in [5.41, 5.74) is 3.81. The number of hydrogen-bond donors (Lipinski definition) is 1. The van der Waals surface area contributed by atoms with Crippen molar-refractivity contribution < 1.29 is 4.79 Å². The molecule has 3 nitrogen and oxygen atoms in total. The van der Waals surface area contributed by atoms with Gasteiger partial charge in [0.1, 0.15) is 0 Å². The third kappa shape index (κ3) is 2.35. The maximum atomic E-state index is 13.2. The largest absolute Gasteiger partial charge is 0.353 e. The number of para-hydroxylation sites is 2. The summed E-state index contributed by atoms with van der Waals surface area (Å²) in [4.78, 5) is 14.8. The van der Waals surface area contributed by atoms with Crippen LogP contribution in [0, 0.1) is 0 Å². The molecular formula is C19H13ClN2O. The average molecular weight is 321 g/mol. The lowest BCUT2D eigenvalue weighted by Gasteiger charge is -2.23. The molecule has 0 saturated heterocycles. The van der Waals surface area contributed by atoms with Gasteiger partial charge in [0, 0.05) is 10.7 Å².